The lowest BCUT2D eigenvalue weighted by molar-refractivity contribution is 0.0949. The fraction of sp³-hybridized carbons (Fsp3) is 0.381. The second-order valence-corrected chi connectivity index (χ2v) is 7.88. The smallest absolute Gasteiger partial charge is 0.324 e. The van der Waals surface area contributed by atoms with E-state index in [0.717, 1.165) is 24.2 Å². The highest BCUT2D eigenvalue weighted by atomic mass is 35.5. The van der Waals surface area contributed by atoms with Crippen LogP contribution < -0.4 is 14.9 Å². The van der Waals surface area contributed by atoms with Gasteiger partial charge in [-0.2, -0.15) is 0 Å². The third-order valence-corrected chi connectivity index (χ3v) is 5.23. The average molecular weight is 480 g/mol. The first-order valence-electron chi connectivity index (χ1n) is 10.1. The number of halogens is 1. The number of H-pyrrole nitrogens is 1. The molecule has 0 atom stereocenters. The highest BCUT2D eigenvalue weighted by molar-refractivity contribution is 7.13. The lowest BCUT2D eigenvalue weighted by Gasteiger charge is -2.17. The third-order valence-electron chi connectivity index (χ3n) is 4.36. The van der Waals surface area contributed by atoms with Crippen LogP contribution in [0.4, 0.5) is 5.13 Å². The number of nitrogens with zero attached hydrogens (tertiary/aromatic N) is 3. The Morgan fingerprint density at radius 1 is 1.25 bits per heavy atom. The first-order valence-corrected chi connectivity index (χ1v) is 11.3. The predicted molar refractivity (Wildman–Crippen MR) is 126 cm³/mol. The molecule has 3 aromatic heterocycles. The number of pyridine rings is 2. The molecule has 1 aliphatic carbocycles. The summed E-state index contributed by atoms with van der Waals surface area (Å²) in [5.41, 5.74) is 2.18. The van der Waals surface area contributed by atoms with E-state index in [4.69, 9.17) is 21.4 Å². The maximum atomic E-state index is 12.6. The van der Waals surface area contributed by atoms with Crippen molar-refractivity contribution in [2.75, 3.05) is 12.4 Å². The van der Waals surface area contributed by atoms with E-state index in [-0.39, 0.29) is 26.8 Å². The molecule has 3 aromatic rings. The van der Waals surface area contributed by atoms with Crippen molar-refractivity contribution < 1.29 is 14.6 Å². The number of rotatable bonds is 4. The fourth-order valence-electron chi connectivity index (χ4n) is 2.59. The van der Waals surface area contributed by atoms with E-state index >= 15 is 0 Å². The molecule has 1 fully saturated rings. The second-order valence-electron chi connectivity index (χ2n) is 6.54. The molecule has 1 aliphatic rings. The zero-order chi connectivity index (χ0) is 23.7. The van der Waals surface area contributed by atoms with Crippen LogP contribution in [-0.4, -0.2) is 44.4 Å². The lowest BCUT2D eigenvalue weighted by Crippen LogP contribution is -2.15. The van der Waals surface area contributed by atoms with Crippen molar-refractivity contribution in [2.24, 2.45) is 0 Å². The summed E-state index contributed by atoms with van der Waals surface area (Å²) in [7, 11) is 1.50. The van der Waals surface area contributed by atoms with E-state index in [2.05, 4.69) is 25.5 Å². The Morgan fingerprint density at radius 2 is 1.94 bits per heavy atom. The van der Waals surface area contributed by atoms with Crippen LogP contribution in [0.25, 0.3) is 11.1 Å². The zero-order valence-corrected chi connectivity index (χ0v) is 19.9. The van der Waals surface area contributed by atoms with Crippen LogP contribution in [0, 0.1) is 6.92 Å². The Bertz CT molecular complexity index is 1100. The number of nitrogens with one attached hydrogen (secondary N) is 2. The maximum absolute atomic E-state index is 12.6. The molecule has 0 spiro atoms. The zero-order valence-electron chi connectivity index (χ0n) is 18.3. The molecule has 3 heterocycles. The summed E-state index contributed by atoms with van der Waals surface area (Å²) in [5, 5.41) is 17.4. The van der Waals surface area contributed by atoms with Gasteiger partial charge < -0.3 is 9.84 Å². The summed E-state index contributed by atoms with van der Waals surface area (Å²) in [6.07, 6.45) is 6.31. The molecule has 0 bridgehead atoms. The van der Waals surface area contributed by atoms with Crippen molar-refractivity contribution in [3.8, 4) is 16.9 Å². The minimum absolute atomic E-state index is 0.0648. The number of carbonyl (C=O) groups is 1. The van der Waals surface area contributed by atoms with Gasteiger partial charge in [-0.05, 0) is 49.7 Å². The molecule has 4 rings (SSSR count). The largest absolute Gasteiger partial charge is 0.494 e. The van der Waals surface area contributed by atoms with Crippen molar-refractivity contribution >= 4 is 34.0 Å². The van der Waals surface area contributed by atoms with Crippen molar-refractivity contribution in [3.63, 3.8) is 0 Å². The highest BCUT2D eigenvalue weighted by Gasteiger charge is 2.19. The Hall–Kier alpha value is -2.82. The van der Waals surface area contributed by atoms with Gasteiger partial charge in [-0.15, -0.1) is 5.10 Å². The Kier molecular flexibility index (Phi) is 9.76. The molecular weight excluding hydrogens is 454 g/mol. The van der Waals surface area contributed by atoms with Gasteiger partial charge >= 0.3 is 4.87 Å². The van der Waals surface area contributed by atoms with Gasteiger partial charge in [0.2, 0.25) is 5.13 Å². The molecule has 0 radical (unpaired) electrons. The molecule has 0 aliphatic heterocycles. The number of hydrogen-bond acceptors (Lipinski definition) is 8. The monoisotopic (exact) mass is 479 g/mol. The molecule has 1 saturated carbocycles. The van der Waals surface area contributed by atoms with E-state index < -0.39 is 5.91 Å². The molecule has 9 nitrogen and oxygen atoms in total. The number of aromatic amines is 1. The van der Waals surface area contributed by atoms with Crippen LogP contribution in [0.15, 0.2) is 29.3 Å². The summed E-state index contributed by atoms with van der Waals surface area (Å²) < 4.78 is 5.32. The predicted octanol–water partition coefficient (Wildman–Crippen LogP) is 4.07. The SMILES string of the molecule is CC.COc1cnc(Cl)cc1-c1cc(C)ncc1C(=O)Nc1n[nH]c(=O)s1.OC1CCC1. The molecule has 1 amide bonds. The number of aromatic nitrogens is 4. The molecule has 3 N–H and O–H groups in total. The van der Waals surface area contributed by atoms with E-state index in [1.54, 1.807) is 19.1 Å². The number of amides is 1. The first-order chi connectivity index (χ1) is 15.4. The molecule has 0 unspecified atom stereocenters. The van der Waals surface area contributed by atoms with Gasteiger partial charge in [0.25, 0.3) is 5.91 Å². The lowest BCUT2D eigenvalue weighted by atomic mass is 9.97. The first kappa shape index (κ1) is 25.4. The summed E-state index contributed by atoms with van der Waals surface area (Å²) in [6.45, 7) is 5.81. The van der Waals surface area contributed by atoms with Gasteiger partial charge in [0.15, 0.2) is 0 Å². The molecule has 0 aromatic carbocycles. The van der Waals surface area contributed by atoms with Gasteiger partial charge in [0, 0.05) is 23.0 Å². The Balaban J connectivity index is 0.000000448. The van der Waals surface area contributed by atoms with Crippen molar-refractivity contribution in [3.05, 3.63) is 50.6 Å². The number of aliphatic hydroxyl groups is 1. The topological polar surface area (TPSA) is 130 Å². The van der Waals surface area contributed by atoms with E-state index in [1.807, 2.05) is 13.8 Å². The number of aryl methyl sites for hydroxylation is 1. The summed E-state index contributed by atoms with van der Waals surface area (Å²) in [5.74, 6) is 0.00807. The number of carbonyl (C=O) groups excluding carboxylic acids is 1. The normalized spacial score (nSPS) is 12.4. The average Bonchev–Trinajstić information content (AvgIpc) is 3.18. The van der Waals surface area contributed by atoms with E-state index in [0.29, 0.717) is 22.6 Å². The van der Waals surface area contributed by atoms with Crippen molar-refractivity contribution in [1.29, 1.82) is 0 Å². The van der Waals surface area contributed by atoms with Crippen LogP contribution in [0.3, 0.4) is 0 Å². The van der Waals surface area contributed by atoms with Crippen molar-refractivity contribution in [1.82, 2.24) is 20.2 Å². The quantitative estimate of drug-likeness (QED) is 0.481. The summed E-state index contributed by atoms with van der Waals surface area (Å²) >= 11 is 6.79. The van der Waals surface area contributed by atoms with Gasteiger partial charge in [-0.3, -0.25) is 19.9 Å². The standard InChI is InChI=1S/C15H12ClN5O3S.C4H8O.C2H6/c1-7-3-8(9-4-12(16)18-6-11(9)24-2)10(5-17-7)13(22)19-14-20-21-15(23)25-14;5-4-2-1-3-4;1-2/h3-6H,1-2H3,(H,21,23)(H,19,20,22);4-5H,1-3H2;1-2H3. The summed E-state index contributed by atoms with van der Waals surface area (Å²) in [4.78, 5) is 31.6. The third kappa shape index (κ3) is 6.84. The minimum atomic E-state index is -0.458. The van der Waals surface area contributed by atoms with Crippen LogP contribution in [-0.2, 0) is 0 Å². The number of aliphatic hydroxyl groups excluding tert-OH is 1. The highest BCUT2D eigenvalue weighted by Crippen LogP contribution is 2.34. The van der Waals surface area contributed by atoms with Crippen LogP contribution >= 0.6 is 22.9 Å². The fourth-order valence-corrected chi connectivity index (χ4v) is 3.25. The molecule has 11 heteroatoms. The minimum Gasteiger partial charge on any atom is -0.494 e. The van der Waals surface area contributed by atoms with Gasteiger partial charge in [0.05, 0.1) is 25.0 Å². The van der Waals surface area contributed by atoms with Gasteiger partial charge in [-0.1, -0.05) is 25.4 Å². The van der Waals surface area contributed by atoms with E-state index in [1.165, 1.54) is 25.9 Å². The number of methoxy groups -OCH3 is 1. The van der Waals surface area contributed by atoms with Crippen LogP contribution in [0.1, 0.15) is 49.2 Å². The van der Waals surface area contributed by atoms with E-state index in [9.17, 15) is 9.59 Å². The summed E-state index contributed by atoms with van der Waals surface area (Å²) in [6, 6.07) is 3.36. The number of ether oxygens (including phenoxy) is 1. The molecular formula is C21H26ClN5O4S. The number of anilines is 1. The Morgan fingerprint density at radius 3 is 2.47 bits per heavy atom. The van der Waals surface area contributed by atoms with Gasteiger partial charge in [-0.25, -0.2) is 10.1 Å². The molecule has 0 saturated heterocycles. The second kappa shape index (κ2) is 12.3. The molecule has 32 heavy (non-hydrogen) atoms. The van der Waals surface area contributed by atoms with Crippen LogP contribution in [0.2, 0.25) is 5.15 Å². The maximum Gasteiger partial charge on any atom is 0.324 e. The molecule has 172 valence electrons. The van der Waals surface area contributed by atoms with Crippen molar-refractivity contribution in [2.45, 2.75) is 46.1 Å². The Labute approximate surface area is 194 Å². The number of hydrogen-bond donors (Lipinski definition) is 3. The van der Waals surface area contributed by atoms with Crippen LogP contribution in [0.5, 0.6) is 5.75 Å². The van der Waals surface area contributed by atoms with Gasteiger partial charge in [0.1, 0.15) is 10.9 Å².